The number of nitrogens with zero attached hydrogens (tertiary/aromatic N) is 3. The van der Waals surface area contributed by atoms with E-state index in [9.17, 15) is 9.59 Å². The highest BCUT2D eigenvalue weighted by Crippen LogP contribution is 2.34. The molecule has 0 spiro atoms. The molecule has 0 saturated carbocycles. The van der Waals surface area contributed by atoms with Crippen LogP contribution < -0.4 is 0 Å². The molecule has 0 aliphatic carbocycles. The van der Waals surface area contributed by atoms with E-state index < -0.39 is 41.7 Å². The molecular formula is C19H25N3O6S. The highest BCUT2D eigenvalue weighted by atomic mass is 32.2. The number of benzene rings is 1. The predicted octanol–water partition coefficient (Wildman–Crippen LogP) is 3.22. The van der Waals surface area contributed by atoms with Gasteiger partial charge in [0.25, 0.3) is 0 Å². The topological polar surface area (TPSA) is 120 Å². The zero-order valence-corrected chi connectivity index (χ0v) is 17.4. The minimum Gasteiger partial charge on any atom is -0.463 e. The van der Waals surface area contributed by atoms with Crippen LogP contribution in [-0.2, 0) is 35.1 Å². The molecule has 0 radical (unpaired) electrons. The van der Waals surface area contributed by atoms with Gasteiger partial charge >= 0.3 is 11.9 Å². The molecule has 1 fully saturated rings. The fourth-order valence-electron chi connectivity index (χ4n) is 3.00. The van der Waals surface area contributed by atoms with Gasteiger partial charge in [-0.15, -0.1) is 11.8 Å². The first-order valence-corrected chi connectivity index (χ1v) is 10.3. The van der Waals surface area contributed by atoms with E-state index in [4.69, 9.17) is 24.5 Å². The maximum Gasteiger partial charge on any atom is 0.303 e. The molecule has 2 rings (SSSR count). The van der Waals surface area contributed by atoms with Crippen molar-refractivity contribution >= 4 is 23.7 Å². The van der Waals surface area contributed by atoms with Crippen LogP contribution in [0.3, 0.4) is 0 Å². The standard InChI is InChI=1S/C19H25N3O6S/c1-4-29-19-16(21-22-20)18(26-10-14-8-6-5-7-9-14)17(27-13(3)24)15(28-19)11-25-12(2)23/h5-9,15-19H,4,10-11H2,1-3H3/t15-,16+,17-,18+,19-/m1/s1. The van der Waals surface area contributed by atoms with Gasteiger partial charge in [-0.25, -0.2) is 0 Å². The summed E-state index contributed by atoms with van der Waals surface area (Å²) < 4.78 is 22.7. The largest absolute Gasteiger partial charge is 0.463 e. The van der Waals surface area contributed by atoms with Crippen molar-refractivity contribution in [3.05, 3.63) is 46.3 Å². The molecule has 1 aliphatic rings. The second kappa shape index (κ2) is 11.7. The van der Waals surface area contributed by atoms with Crippen LogP contribution in [0.15, 0.2) is 35.4 Å². The SMILES string of the molecule is CCS[C@H]1O[C@H](COC(C)=O)[C@@H](OC(C)=O)[C@@H](OCc2ccccc2)[C@@H]1N=[N+]=[N-]. The van der Waals surface area contributed by atoms with Gasteiger partial charge in [0.1, 0.15) is 30.3 Å². The summed E-state index contributed by atoms with van der Waals surface area (Å²) in [6.45, 7) is 4.62. The van der Waals surface area contributed by atoms with Crippen LogP contribution in [0.1, 0.15) is 26.3 Å². The summed E-state index contributed by atoms with van der Waals surface area (Å²) in [7, 11) is 0. The van der Waals surface area contributed by atoms with Crippen LogP contribution in [0.25, 0.3) is 10.4 Å². The average molecular weight is 423 g/mol. The zero-order valence-electron chi connectivity index (χ0n) is 16.6. The maximum atomic E-state index is 11.7. The molecule has 0 unspecified atom stereocenters. The van der Waals surface area contributed by atoms with Gasteiger partial charge in [-0.1, -0.05) is 42.4 Å². The van der Waals surface area contributed by atoms with Gasteiger partial charge in [-0.2, -0.15) is 0 Å². The van der Waals surface area contributed by atoms with Crippen LogP contribution in [0.5, 0.6) is 0 Å². The Morgan fingerprint density at radius 3 is 2.52 bits per heavy atom. The van der Waals surface area contributed by atoms with Crippen molar-refractivity contribution in [2.24, 2.45) is 5.11 Å². The van der Waals surface area contributed by atoms with E-state index in [1.165, 1.54) is 25.6 Å². The van der Waals surface area contributed by atoms with E-state index in [-0.39, 0.29) is 13.2 Å². The van der Waals surface area contributed by atoms with E-state index in [0.717, 1.165) is 5.56 Å². The molecule has 158 valence electrons. The van der Waals surface area contributed by atoms with Gasteiger partial charge in [-0.3, -0.25) is 9.59 Å². The molecule has 9 nitrogen and oxygen atoms in total. The van der Waals surface area contributed by atoms with Gasteiger partial charge in [0.15, 0.2) is 6.10 Å². The predicted molar refractivity (Wildman–Crippen MR) is 107 cm³/mol. The van der Waals surface area contributed by atoms with E-state index in [1.807, 2.05) is 37.3 Å². The second-order valence-electron chi connectivity index (χ2n) is 6.33. The third kappa shape index (κ3) is 6.93. The molecule has 0 aromatic heterocycles. The lowest BCUT2D eigenvalue weighted by Crippen LogP contribution is -2.59. The monoisotopic (exact) mass is 423 g/mol. The molecular weight excluding hydrogens is 398 g/mol. The Morgan fingerprint density at radius 2 is 1.93 bits per heavy atom. The fraction of sp³-hybridized carbons (Fsp3) is 0.579. The highest BCUT2D eigenvalue weighted by Gasteiger charge is 2.48. The molecule has 0 bridgehead atoms. The lowest BCUT2D eigenvalue weighted by Gasteiger charge is -2.44. The lowest BCUT2D eigenvalue weighted by atomic mass is 9.98. The molecule has 1 heterocycles. The number of ether oxygens (including phenoxy) is 4. The first kappa shape index (κ1) is 23.0. The Morgan fingerprint density at radius 1 is 1.21 bits per heavy atom. The minimum absolute atomic E-state index is 0.109. The lowest BCUT2D eigenvalue weighted by molar-refractivity contribution is -0.209. The van der Waals surface area contributed by atoms with Crippen molar-refractivity contribution in [1.82, 2.24) is 0 Å². The molecule has 10 heteroatoms. The molecule has 1 saturated heterocycles. The van der Waals surface area contributed by atoms with Crippen LogP contribution >= 0.6 is 11.8 Å². The summed E-state index contributed by atoms with van der Waals surface area (Å²) in [5.74, 6) is -0.318. The first-order valence-electron chi connectivity index (χ1n) is 9.23. The number of carbonyl (C=O) groups is 2. The van der Waals surface area contributed by atoms with Crippen LogP contribution in [0.2, 0.25) is 0 Å². The van der Waals surface area contributed by atoms with Crippen molar-refractivity contribution in [3.8, 4) is 0 Å². The van der Waals surface area contributed by atoms with Crippen molar-refractivity contribution in [2.75, 3.05) is 12.4 Å². The molecule has 0 amide bonds. The van der Waals surface area contributed by atoms with Crippen molar-refractivity contribution in [1.29, 1.82) is 0 Å². The summed E-state index contributed by atoms with van der Waals surface area (Å²) in [4.78, 5) is 26.0. The zero-order chi connectivity index (χ0) is 21.2. The number of carbonyl (C=O) groups excluding carboxylic acids is 2. The van der Waals surface area contributed by atoms with Crippen molar-refractivity contribution in [2.45, 2.75) is 57.2 Å². The molecule has 5 atom stereocenters. The second-order valence-corrected chi connectivity index (χ2v) is 7.71. The summed E-state index contributed by atoms with van der Waals surface area (Å²) in [5, 5.41) is 3.88. The van der Waals surface area contributed by atoms with Gasteiger partial charge in [0.2, 0.25) is 0 Å². The summed E-state index contributed by atoms with van der Waals surface area (Å²) in [6, 6.07) is 8.74. The maximum absolute atomic E-state index is 11.7. The van der Waals surface area contributed by atoms with E-state index in [2.05, 4.69) is 10.0 Å². The molecule has 1 aromatic rings. The number of hydrogen-bond acceptors (Lipinski definition) is 8. The van der Waals surface area contributed by atoms with E-state index >= 15 is 0 Å². The van der Waals surface area contributed by atoms with Gasteiger partial charge in [0.05, 0.1) is 6.61 Å². The number of azide groups is 1. The van der Waals surface area contributed by atoms with E-state index in [1.54, 1.807) is 0 Å². The molecule has 0 N–H and O–H groups in total. The molecule has 1 aliphatic heterocycles. The van der Waals surface area contributed by atoms with Gasteiger partial charge in [-0.05, 0) is 16.8 Å². The number of rotatable bonds is 9. The van der Waals surface area contributed by atoms with Crippen molar-refractivity contribution < 1.29 is 28.5 Å². The van der Waals surface area contributed by atoms with Gasteiger partial charge in [0, 0.05) is 18.8 Å². The Bertz CT molecular complexity index is 728. The Labute approximate surface area is 173 Å². The molecule has 1 aromatic carbocycles. The molecule has 29 heavy (non-hydrogen) atoms. The number of esters is 2. The highest BCUT2D eigenvalue weighted by molar-refractivity contribution is 7.99. The first-order chi connectivity index (χ1) is 14.0. The van der Waals surface area contributed by atoms with Crippen LogP contribution in [-0.4, -0.2) is 54.1 Å². The van der Waals surface area contributed by atoms with Crippen LogP contribution in [0.4, 0.5) is 0 Å². The third-order valence-corrected chi connectivity index (χ3v) is 5.22. The number of hydrogen-bond donors (Lipinski definition) is 0. The summed E-state index contributed by atoms with van der Waals surface area (Å²) in [5.41, 5.74) is 9.45. The Balaban J connectivity index is 2.33. The Hall–Kier alpha value is -2.26. The van der Waals surface area contributed by atoms with Crippen LogP contribution in [0, 0.1) is 0 Å². The smallest absolute Gasteiger partial charge is 0.303 e. The summed E-state index contributed by atoms with van der Waals surface area (Å²) >= 11 is 1.44. The van der Waals surface area contributed by atoms with Gasteiger partial charge < -0.3 is 18.9 Å². The normalized spacial score (nSPS) is 26.2. The van der Waals surface area contributed by atoms with E-state index in [0.29, 0.717) is 5.75 Å². The fourth-order valence-corrected chi connectivity index (χ4v) is 3.96. The summed E-state index contributed by atoms with van der Waals surface area (Å²) in [6.07, 6.45) is -2.43. The third-order valence-electron chi connectivity index (χ3n) is 4.17. The quantitative estimate of drug-likeness (QED) is 0.259. The number of thioether (sulfide) groups is 1. The Kier molecular flexibility index (Phi) is 9.27. The van der Waals surface area contributed by atoms with Crippen molar-refractivity contribution in [3.63, 3.8) is 0 Å². The minimum atomic E-state index is -0.903. The average Bonchev–Trinajstić information content (AvgIpc) is 2.68.